The molecule has 3 aromatic rings. The lowest BCUT2D eigenvalue weighted by Crippen LogP contribution is -3.00. The van der Waals surface area contributed by atoms with Crippen LogP contribution in [0, 0.1) is 6.92 Å². The Morgan fingerprint density at radius 1 is 1.12 bits per heavy atom. The van der Waals surface area contributed by atoms with E-state index in [0.29, 0.717) is 18.9 Å². The number of nitrogens with one attached hydrogen (secondary N) is 1. The monoisotopic (exact) mass is 454 g/mol. The maximum Gasteiger partial charge on any atom is 0.375 e. The van der Waals surface area contributed by atoms with Crippen molar-refractivity contribution in [1.82, 2.24) is 4.98 Å². The Labute approximate surface area is 194 Å². The van der Waals surface area contributed by atoms with E-state index in [9.17, 15) is 4.79 Å². The van der Waals surface area contributed by atoms with Crippen LogP contribution in [0.5, 0.6) is 5.75 Å². The molecular weight excluding hydrogens is 428 g/mol. The van der Waals surface area contributed by atoms with Crippen LogP contribution in [-0.4, -0.2) is 36.4 Å². The van der Waals surface area contributed by atoms with Crippen molar-refractivity contribution in [3.63, 3.8) is 0 Å². The highest BCUT2D eigenvalue weighted by Crippen LogP contribution is 2.22. The molecule has 1 aliphatic heterocycles. The number of benzene rings is 2. The number of carbonyl (C=O) groups excluding carboxylic acids is 1. The number of nitrogens with zero attached hydrogens (tertiary/aromatic N) is 1. The summed E-state index contributed by atoms with van der Waals surface area (Å²) in [6, 6.07) is 17.6. The van der Waals surface area contributed by atoms with Crippen LogP contribution in [0.3, 0.4) is 0 Å². The van der Waals surface area contributed by atoms with E-state index < -0.39 is 0 Å². The molecule has 7 heteroatoms. The molecule has 0 amide bonds. The molecule has 2 heterocycles. The zero-order valence-electron chi connectivity index (χ0n) is 18.3. The maximum atomic E-state index is 11.8. The lowest BCUT2D eigenvalue weighted by Gasteiger charge is -2.13. The molecule has 168 valence electrons. The number of esters is 1. The Morgan fingerprint density at radius 2 is 1.88 bits per heavy atom. The molecule has 4 rings (SSSR count). The SMILES string of the molecule is COC(=O)[C@@H]1CCCC(c2ccc(OCCc3nc(-c4ccccc4)oc3C)cc2)=[NH+]1.[Cl-]. The molecule has 6 nitrogen and oxygen atoms in total. The molecule has 1 atom stereocenters. The average Bonchev–Trinajstić information content (AvgIpc) is 3.20. The summed E-state index contributed by atoms with van der Waals surface area (Å²) in [6.07, 6.45) is 3.35. The number of ether oxygens (including phenoxy) is 2. The first-order chi connectivity index (χ1) is 15.1. The normalized spacial score (nSPS) is 15.4. The molecular formula is C25H27ClN2O4. The van der Waals surface area contributed by atoms with Gasteiger partial charge in [0.25, 0.3) is 0 Å². The van der Waals surface area contributed by atoms with E-state index in [1.54, 1.807) is 0 Å². The first-order valence-electron chi connectivity index (χ1n) is 10.6. The number of methoxy groups -OCH3 is 1. The van der Waals surface area contributed by atoms with Gasteiger partial charge in [-0.25, -0.2) is 14.8 Å². The average molecular weight is 455 g/mol. The molecule has 0 saturated carbocycles. The predicted octanol–water partition coefficient (Wildman–Crippen LogP) is -0.129. The first-order valence-corrected chi connectivity index (χ1v) is 10.6. The molecule has 1 aromatic heterocycles. The number of aromatic nitrogens is 1. The van der Waals surface area contributed by atoms with Gasteiger partial charge >= 0.3 is 5.97 Å². The van der Waals surface area contributed by atoms with Crippen molar-refractivity contribution in [2.75, 3.05) is 13.7 Å². The summed E-state index contributed by atoms with van der Waals surface area (Å²) >= 11 is 0. The molecule has 0 saturated heterocycles. The lowest BCUT2D eigenvalue weighted by molar-refractivity contribution is -0.496. The van der Waals surface area contributed by atoms with E-state index in [1.807, 2.05) is 61.5 Å². The minimum Gasteiger partial charge on any atom is -1.00 e. The summed E-state index contributed by atoms with van der Waals surface area (Å²) in [5, 5.41) is 0. The Kier molecular flexibility index (Phi) is 8.06. The predicted molar refractivity (Wildman–Crippen MR) is 117 cm³/mol. The van der Waals surface area contributed by atoms with Gasteiger partial charge in [0.2, 0.25) is 11.9 Å². The van der Waals surface area contributed by atoms with Crippen molar-refractivity contribution in [3.8, 4) is 17.2 Å². The van der Waals surface area contributed by atoms with E-state index >= 15 is 0 Å². The van der Waals surface area contributed by atoms with Crippen LogP contribution < -0.4 is 22.1 Å². The second-order valence-electron chi connectivity index (χ2n) is 7.60. The number of rotatable bonds is 7. The van der Waals surface area contributed by atoms with Crippen LogP contribution in [-0.2, 0) is 16.0 Å². The summed E-state index contributed by atoms with van der Waals surface area (Å²) in [6.45, 7) is 2.44. The van der Waals surface area contributed by atoms with Gasteiger partial charge in [-0.15, -0.1) is 0 Å². The molecule has 32 heavy (non-hydrogen) atoms. The summed E-state index contributed by atoms with van der Waals surface area (Å²) in [7, 11) is 1.42. The fourth-order valence-corrected chi connectivity index (χ4v) is 3.77. The molecule has 0 bridgehead atoms. The van der Waals surface area contributed by atoms with Gasteiger partial charge in [0.05, 0.1) is 19.4 Å². The van der Waals surface area contributed by atoms with E-state index in [2.05, 4.69) is 9.98 Å². The second-order valence-corrected chi connectivity index (χ2v) is 7.60. The molecule has 0 fully saturated rings. The summed E-state index contributed by atoms with van der Waals surface area (Å²) in [5.41, 5.74) is 4.02. The highest BCUT2D eigenvalue weighted by atomic mass is 35.5. The van der Waals surface area contributed by atoms with E-state index in [1.165, 1.54) is 7.11 Å². The number of hydrogen-bond donors (Lipinski definition) is 1. The molecule has 0 radical (unpaired) electrons. The van der Waals surface area contributed by atoms with Gasteiger partial charge in [0, 0.05) is 30.4 Å². The minimum absolute atomic E-state index is 0. The maximum absolute atomic E-state index is 11.8. The van der Waals surface area contributed by atoms with Crippen molar-refractivity contribution in [2.24, 2.45) is 0 Å². The molecule has 0 unspecified atom stereocenters. The fourth-order valence-electron chi connectivity index (χ4n) is 3.77. The van der Waals surface area contributed by atoms with Crippen molar-refractivity contribution < 1.29 is 36.1 Å². The van der Waals surface area contributed by atoms with Gasteiger partial charge in [-0.1, -0.05) is 18.2 Å². The number of carbonyl (C=O) groups is 1. The molecule has 0 aliphatic carbocycles. The zero-order valence-corrected chi connectivity index (χ0v) is 19.0. The van der Waals surface area contributed by atoms with Crippen LogP contribution in [0.25, 0.3) is 11.5 Å². The standard InChI is InChI=1S/C25H26N2O4.ClH/c1-17-21(27-24(31-17)19-7-4-3-5-8-19)15-16-30-20-13-11-18(12-14-20)22-9-6-10-23(26-22)25(28)29-2;/h3-5,7-8,11-14,23H,6,9-10,15-16H2,1-2H3;1H/t23-;/m0./s1. The Bertz CT molecular complexity index is 1060. The quantitative estimate of drug-likeness (QED) is 0.503. The minimum atomic E-state index is -0.267. The van der Waals surface area contributed by atoms with Gasteiger partial charge in [0.15, 0.2) is 5.71 Å². The summed E-state index contributed by atoms with van der Waals surface area (Å²) in [4.78, 5) is 19.7. The van der Waals surface area contributed by atoms with Gasteiger partial charge < -0.3 is 26.3 Å². The number of hydrogen-bond acceptors (Lipinski definition) is 5. The number of halogens is 1. The van der Waals surface area contributed by atoms with Crippen LogP contribution in [0.1, 0.15) is 36.3 Å². The van der Waals surface area contributed by atoms with Gasteiger partial charge in [-0.2, -0.15) is 0 Å². The van der Waals surface area contributed by atoms with Crippen molar-refractivity contribution >= 4 is 11.7 Å². The molecule has 2 aromatic carbocycles. The third kappa shape index (κ3) is 5.56. The molecule has 0 spiro atoms. The van der Waals surface area contributed by atoms with Gasteiger partial charge in [-0.05, 0) is 49.7 Å². The van der Waals surface area contributed by atoms with Crippen LogP contribution in [0.4, 0.5) is 0 Å². The van der Waals surface area contributed by atoms with E-state index in [4.69, 9.17) is 13.9 Å². The van der Waals surface area contributed by atoms with Gasteiger partial charge in [-0.3, -0.25) is 0 Å². The summed E-state index contributed by atoms with van der Waals surface area (Å²) in [5.74, 6) is 2.04. The fraction of sp³-hybridized carbons (Fsp3) is 0.320. The first kappa shape index (κ1) is 23.5. The highest BCUT2D eigenvalue weighted by molar-refractivity contribution is 5.97. The molecule has 1 aliphatic rings. The number of aryl methyl sites for hydroxylation is 1. The largest absolute Gasteiger partial charge is 1.00 e. The van der Waals surface area contributed by atoms with Crippen molar-refractivity contribution in [2.45, 2.75) is 38.6 Å². The Balaban J connectivity index is 0.00000289. The van der Waals surface area contributed by atoms with Crippen LogP contribution in [0.2, 0.25) is 0 Å². The third-order valence-electron chi connectivity index (χ3n) is 5.48. The van der Waals surface area contributed by atoms with Gasteiger partial charge in [0.1, 0.15) is 11.5 Å². The Hall–Kier alpha value is -3.12. The zero-order chi connectivity index (χ0) is 21.6. The second kappa shape index (κ2) is 11.0. The molecule has 1 N–H and O–H groups in total. The Morgan fingerprint density at radius 3 is 2.59 bits per heavy atom. The van der Waals surface area contributed by atoms with Crippen molar-refractivity contribution in [1.29, 1.82) is 0 Å². The highest BCUT2D eigenvalue weighted by Gasteiger charge is 2.29. The summed E-state index contributed by atoms with van der Waals surface area (Å²) < 4.78 is 16.6. The number of oxazole rings is 1. The third-order valence-corrected chi connectivity index (χ3v) is 5.48. The van der Waals surface area contributed by atoms with E-state index in [0.717, 1.165) is 53.3 Å². The topological polar surface area (TPSA) is 75.5 Å². The smallest absolute Gasteiger partial charge is 0.375 e. The van der Waals surface area contributed by atoms with E-state index in [-0.39, 0.29) is 24.4 Å². The van der Waals surface area contributed by atoms with Crippen molar-refractivity contribution in [3.05, 3.63) is 71.6 Å². The van der Waals surface area contributed by atoms with Crippen LogP contribution in [0.15, 0.2) is 59.0 Å². The lowest BCUT2D eigenvalue weighted by atomic mass is 9.98. The van der Waals surface area contributed by atoms with Crippen LogP contribution >= 0.6 is 0 Å².